The fourth-order valence-corrected chi connectivity index (χ4v) is 4.69. The van der Waals surface area contributed by atoms with Crippen LogP contribution in [-0.4, -0.2) is 47.6 Å². The van der Waals surface area contributed by atoms with Crippen molar-refractivity contribution in [2.24, 2.45) is 5.92 Å². The van der Waals surface area contributed by atoms with Gasteiger partial charge in [-0.2, -0.15) is 0 Å². The highest BCUT2D eigenvalue weighted by Gasteiger charge is 2.27. The Morgan fingerprint density at radius 1 is 0.738 bits per heavy atom. The number of esters is 1. The van der Waals surface area contributed by atoms with Gasteiger partial charge in [-0.15, -0.1) is 0 Å². The lowest BCUT2D eigenvalue weighted by Crippen LogP contribution is -2.49. The molecule has 2 atom stereocenters. The van der Waals surface area contributed by atoms with Crippen molar-refractivity contribution >= 4 is 18.0 Å². The second-order valence-electron chi connectivity index (χ2n) is 10.3. The number of aryl methyl sites for hydroxylation is 1. The van der Waals surface area contributed by atoms with Gasteiger partial charge in [0.15, 0.2) is 0 Å². The molecule has 42 heavy (non-hydrogen) atoms. The second-order valence-corrected chi connectivity index (χ2v) is 10.3. The molecule has 0 saturated heterocycles. The molecule has 2 amide bonds. The second kappa shape index (κ2) is 15.2. The number of ether oxygens (including phenoxy) is 1. The summed E-state index contributed by atoms with van der Waals surface area (Å²) in [7, 11) is 1.56. The first-order chi connectivity index (χ1) is 20.4. The summed E-state index contributed by atoms with van der Waals surface area (Å²) in [5, 5.41) is 12.5. The van der Waals surface area contributed by atoms with Crippen LogP contribution in [0.4, 0.5) is 4.79 Å². The van der Waals surface area contributed by atoms with E-state index in [-0.39, 0.29) is 19.6 Å². The number of carboxylic acid groups (broad SMARTS) is 1. The molecule has 0 fully saturated rings. The molecule has 4 aromatic carbocycles. The molecular formula is C35H36N2O5. The zero-order valence-electron chi connectivity index (χ0n) is 23.7. The molecule has 0 aliphatic rings. The van der Waals surface area contributed by atoms with Gasteiger partial charge in [0.2, 0.25) is 0 Å². The highest BCUT2D eigenvalue weighted by atomic mass is 16.5. The molecule has 7 heteroatoms. The van der Waals surface area contributed by atoms with E-state index in [0.717, 1.165) is 27.8 Å². The summed E-state index contributed by atoms with van der Waals surface area (Å²) in [4.78, 5) is 39.6. The molecule has 0 heterocycles. The van der Waals surface area contributed by atoms with Crippen molar-refractivity contribution in [1.29, 1.82) is 0 Å². The maximum Gasteiger partial charge on any atom is 0.326 e. The average molecular weight is 565 g/mol. The van der Waals surface area contributed by atoms with Crippen LogP contribution in [0.25, 0.3) is 11.1 Å². The van der Waals surface area contributed by atoms with Crippen molar-refractivity contribution in [3.05, 3.63) is 132 Å². The minimum absolute atomic E-state index is 0.0877. The lowest BCUT2D eigenvalue weighted by Gasteiger charge is -2.25. The van der Waals surface area contributed by atoms with E-state index < -0.39 is 29.9 Å². The van der Waals surface area contributed by atoms with Crippen molar-refractivity contribution in [1.82, 2.24) is 10.2 Å². The summed E-state index contributed by atoms with van der Waals surface area (Å²) in [5.74, 6) is -2.12. The number of carbonyl (C=O) groups is 3. The first kappa shape index (κ1) is 30.1. The van der Waals surface area contributed by atoms with E-state index >= 15 is 0 Å². The Balaban J connectivity index is 1.37. The van der Waals surface area contributed by atoms with Gasteiger partial charge in [-0.25, -0.2) is 9.59 Å². The first-order valence-corrected chi connectivity index (χ1v) is 14.0. The molecule has 0 radical (unpaired) electrons. The van der Waals surface area contributed by atoms with Gasteiger partial charge in [0.1, 0.15) is 12.6 Å². The van der Waals surface area contributed by atoms with Gasteiger partial charge in [0.25, 0.3) is 0 Å². The van der Waals surface area contributed by atoms with Crippen molar-refractivity contribution in [2.45, 2.75) is 31.9 Å². The van der Waals surface area contributed by atoms with Crippen LogP contribution in [0.3, 0.4) is 0 Å². The normalized spacial score (nSPS) is 12.1. The van der Waals surface area contributed by atoms with Crippen LogP contribution in [0.1, 0.15) is 23.1 Å². The van der Waals surface area contributed by atoms with Gasteiger partial charge >= 0.3 is 18.0 Å². The van der Waals surface area contributed by atoms with Crippen molar-refractivity contribution in [2.75, 3.05) is 13.6 Å². The third-order valence-corrected chi connectivity index (χ3v) is 7.12. The number of carbonyl (C=O) groups excluding carboxylic acids is 2. The van der Waals surface area contributed by atoms with E-state index in [4.69, 9.17) is 4.74 Å². The molecule has 7 nitrogen and oxygen atoms in total. The minimum atomic E-state index is -1.13. The van der Waals surface area contributed by atoms with Crippen LogP contribution in [0, 0.1) is 5.92 Å². The lowest BCUT2D eigenvalue weighted by atomic mass is 9.99. The number of hydrogen-bond donors (Lipinski definition) is 2. The van der Waals surface area contributed by atoms with Crippen LogP contribution in [0.5, 0.6) is 0 Å². The van der Waals surface area contributed by atoms with Gasteiger partial charge in [-0.1, -0.05) is 115 Å². The molecule has 4 aromatic rings. The summed E-state index contributed by atoms with van der Waals surface area (Å²) in [6.07, 6.45) is 1.24. The lowest BCUT2D eigenvalue weighted by molar-refractivity contribution is -0.150. The van der Waals surface area contributed by atoms with E-state index in [1.54, 1.807) is 7.05 Å². The van der Waals surface area contributed by atoms with Crippen LogP contribution in [-0.2, 0) is 33.8 Å². The monoisotopic (exact) mass is 564 g/mol. The van der Waals surface area contributed by atoms with Crippen LogP contribution < -0.4 is 5.32 Å². The Morgan fingerprint density at radius 2 is 1.29 bits per heavy atom. The summed E-state index contributed by atoms with van der Waals surface area (Å²) < 4.78 is 5.61. The number of nitrogens with one attached hydrogen (secondary N) is 1. The molecule has 0 aliphatic carbocycles. The molecule has 0 saturated carbocycles. The highest BCUT2D eigenvalue weighted by Crippen LogP contribution is 2.20. The molecule has 0 unspecified atom stereocenters. The zero-order valence-corrected chi connectivity index (χ0v) is 23.7. The summed E-state index contributed by atoms with van der Waals surface area (Å²) >= 11 is 0. The van der Waals surface area contributed by atoms with E-state index in [1.165, 1.54) is 4.90 Å². The summed E-state index contributed by atoms with van der Waals surface area (Å²) in [5.41, 5.74) is 4.83. The number of nitrogens with zero attached hydrogens (tertiary/aromatic N) is 1. The Kier molecular flexibility index (Phi) is 10.9. The van der Waals surface area contributed by atoms with Crippen LogP contribution in [0.2, 0.25) is 0 Å². The number of amides is 2. The fourth-order valence-electron chi connectivity index (χ4n) is 4.69. The average Bonchev–Trinajstić information content (AvgIpc) is 3.03. The van der Waals surface area contributed by atoms with Gasteiger partial charge < -0.3 is 20.1 Å². The number of rotatable bonds is 13. The van der Waals surface area contributed by atoms with E-state index in [0.29, 0.717) is 12.8 Å². The maximum absolute atomic E-state index is 13.1. The first-order valence-electron chi connectivity index (χ1n) is 14.0. The molecule has 4 rings (SSSR count). The predicted molar refractivity (Wildman–Crippen MR) is 163 cm³/mol. The van der Waals surface area contributed by atoms with E-state index in [2.05, 4.69) is 5.32 Å². The molecule has 2 N–H and O–H groups in total. The number of benzene rings is 4. The Hall–Kier alpha value is -4.91. The minimum Gasteiger partial charge on any atom is -0.480 e. The third kappa shape index (κ3) is 9.06. The smallest absolute Gasteiger partial charge is 0.326 e. The topological polar surface area (TPSA) is 95.9 Å². The Labute approximate surface area is 246 Å². The zero-order chi connectivity index (χ0) is 29.7. The van der Waals surface area contributed by atoms with Gasteiger partial charge in [-0.05, 0) is 40.7 Å². The van der Waals surface area contributed by atoms with Crippen LogP contribution in [0.15, 0.2) is 115 Å². The Morgan fingerprint density at radius 3 is 1.88 bits per heavy atom. The fraction of sp³-hybridized carbons (Fsp3) is 0.229. The van der Waals surface area contributed by atoms with Crippen molar-refractivity contribution in [3.8, 4) is 11.1 Å². The number of hydrogen-bond acceptors (Lipinski definition) is 4. The molecule has 216 valence electrons. The summed E-state index contributed by atoms with van der Waals surface area (Å²) in [6, 6.07) is 35.1. The quantitative estimate of drug-likeness (QED) is 0.195. The van der Waals surface area contributed by atoms with E-state index in [9.17, 15) is 19.5 Å². The maximum atomic E-state index is 13.1. The van der Waals surface area contributed by atoms with E-state index in [1.807, 2.05) is 115 Å². The van der Waals surface area contributed by atoms with Crippen LogP contribution >= 0.6 is 0 Å². The third-order valence-electron chi connectivity index (χ3n) is 7.12. The standard InChI is InChI=1S/C35H36N2O5/c1-37(24-31(22-17-26-11-5-2-6-12-26)34(40)42-25-28-13-7-3-8-14-28)35(41)36-32(33(38)39)23-27-18-20-30(21-19-27)29-15-9-4-10-16-29/h2-16,18-21,31-32H,17,22-25H2,1H3,(H,36,41)(H,38,39)/t31-,32-/m0/s1. The van der Waals surface area contributed by atoms with Crippen molar-refractivity contribution in [3.63, 3.8) is 0 Å². The molecule has 0 spiro atoms. The predicted octanol–water partition coefficient (Wildman–Crippen LogP) is 5.98. The van der Waals surface area contributed by atoms with Crippen molar-refractivity contribution < 1.29 is 24.2 Å². The number of carboxylic acids is 1. The van der Waals surface area contributed by atoms with Gasteiger partial charge in [0, 0.05) is 20.0 Å². The highest BCUT2D eigenvalue weighted by molar-refractivity contribution is 5.83. The molecule has 0 aliphatic heterocycles. The van der Waals surface area contributed by atoms with Gasteiger partial charge in [-0.3, -0.25) is 4.79 Å². The largest absolute Gasteiger partial charge is 0.480 e. The SMILES string of the molecule is CN(C[C@H](CCc1ccccc1)C(=O)OCc1ccccc1)C(=O)N[C@@H](Cc1ccc(-c2ccccc2)cc1)C(=O)O. The number of aliphatic carboxylic acids is 1. The molecule has 0 aromatic heterocycles. The molecular weight excluding hydrogens is 528 g/mol. The summed E-state index contributed by atoms with van der Waals surface area (Å²) in [6.45, 7) is 0.228. The number of urea groups is 1. The van der Waals surface area contributed by atoms with Gasteiger partial charge in [0.05, 0.1) is 5.92 Å². The molecule has 0 bridgehead atoms. The Bertz CT molecular complexity index is 1430.